The lowest BCUT2D eigenvalue weighted by Gasteiger charge is -2.36. The first-order valence-corrected chi connectivity index (χ1v) is 13.2. The van der Waals surface area contributed by atoms with E-state index in [0.29, 0.717) is 11.4 Å². The second-order valence-corrected chi connectivity index (χ2v) is 10.6. The molecule has 1 aromatic heterocycles. The van der Waals surface area contributed by atoms with Gasteiger partial charge in [-0.3, -0.25) is 9.59 Å². The van der Waals surface area contributed by atoms with E-state index in [1.807, 2.05) is 27.7 Å². The maximum Gasteiger partial charge on any atom is 0.357 e. The third-order valence-corrected chi connectivity index (χ3v) is 8.00. The van der Waals surface area contributed by atoms with Gasteiger partial charge in [0.1, 0.15) is 11.1 Å². The molecule has 1 aliphatic rings. The number of ether oxygens (including phenoxy) is 1. The Morgan fingerprint density at radius 1 is 1.29 bits per heavy atom. The summed E-state index contributed by atoms with van der Waals surface area (Å²) >= 11 is 1.20. The van der Waals surface area contributed by atoms with Gasteiger partial charge in [0.15, 0.2) is 11.5 Å². The van der Waals surface area contributed by atoms with Gasteiger partial charge in [-0.2, -0.15) is 0 Å². The molecule has 5 atom stereocenters. The number of methoxy groups -OCH3 is 1. The van der Waals surface area contributed by atoms with E-state index in [9.17, 15) is 19.5 Å². The van der Waals surface area contributed by atoms with Crippen molar-refractivity contribution in [1.29, 1.82) is 0 Å². The van der Waals surface area contributed by atoms with Crippen molar-refractivity contribution in [3.05, 3.63) is 16.1 Å². The predicted octanol–water partition coefficient (Wildman–Crippen LogP) is 3.60. The van der Waals surface area contributed by atoms with Gasteiger partial charge in [0.25, 0.3) is 0 Å². The molecule has 8 nitrogen and oxygen atoms in total. The van der Waals surface area contributed by atoms with E-state index in [4.69, 9.17) is 4.74 Å². The lowest BCUT2D eigenvalue weighted by atomic mass is 9.83. The SMILES string of the molecule is CC[C@H](C)[C@H](CC(=O)[C@H]1CCCCN1)C(=O)N(C)[C@H](C[C@@H](O)c1nc(C(=O)OC)cs1)C(C)C. The maximum atomic E-state index is 13.7. The van der Waals surface area contributed by atoms with Gasteiger partial charge < -0.3 is 20.1 Å². The maximum absolute atomic E-state index is 13.7. The number of amides is 1. The van der Waals surface area contributed by atoms with Gasteiger partial charge in [-0.05, 0) is 31.2 Å². The van der Waals surface area contributed by atoms with E-state index in [1.54, 1.807) is 17.3 Å². The number of carbonyl (C=O) groups excluding carboxylic acids is 3. The van der Waals surface area contributed by atoms with Crippen LogP contribution in [0.4, 0.5) is 0 Å². The van der Waals surface area contributed by atoms with Crippen LogP contribution in [0.1, 0.15) is 87.8 Å². The summed E-state index contributed by atoms with van der Waals surface area (Å²) in [6.07, 6.45) is 3.36. The normalized spacial score (nSPS) is 19.8. The molecule has 1 aromatic rings. The highest BCUT2D eigenvalue weighted by atomic mass is 32.1. The summed E-state index contributed by atoms with van der Waals surface area (Å²) in [5, 5.41) is 16.1. The topological polar surface area (TPSA) is 109 Å². The highest BCUT2D eigenvalue weighted by Gasteiger charge is 2.35. The number of rotatable bonds is 12. The minimum atomic E-state index is -0.916. The summed E-state index contributed by atoms with van der Waals surface area (Å²) < 4.78 is 4.69. The number of piperidine rings is 1. The van der Waals surface area contributed by atoms with Crippen LogP contribution in [0, 0.1) is 17.8 Å². The summed E-state index contributed by atoms with van der Waals surface area (Å²) in [6.45, 7) is 8.94. The monoisotopic (exact) mass is 495 g/mol. The van der Waals surface area contributed by atoms with E-state index in [-0.39, 0.29) is 47.7 Å². The number of ketones is 1. The second kappa shape index (κ2) is 13.3. The first-order valence-electron chi connectivity index (χ1n) is 12.3. The molecule has 9 heteroatoms. The molecular weight excluding hydrogens is 454 g/mol. The quantitative estimate of drug-likeness (QED) is 0.427. The van der Waals surface area contributed by atoms with Crippen LogP contribution in [-0.4, -0.2) is 65.4 Å². The van der Waals surface area contributed by atoms with Crippen LogP contribution in [0.15, 0.2) is 5.38 Å². The minimum absolute atomic E-state index is 0.0567. The van der Waals surface area contributed by atoms with Crippen molar-refractivity contribution in [2.24, 2.45) is 17.8 Å². The number of hydrogen-bond donors (Lipinski definition) is 2. The zero-order chi connectivity index (χ0) is 25.4. The molecule has 0 saturated carbocycles. The lowest BCUT2D eigenvalue weighted by Crippen LogP contribution is -2.47. The van der Waals surface area contributed by atoms with Crippen molar-refractivity contribution >= 4 is 29.0 Å². The molecule has 0 aliphatic carbocycles. The van der Waals surface area contributed by atoms with Gasteiger partial charge in [0.05, 0.1) is 13.2 Å². The molecule has 1 amide bonds. The molecule has 1 saturated heterocycles. The molecule has 34 heavy (non-hydrogen) atoms. The summed E-state index contributed by atoms with van der Waals surface area (Å²) in [6, 6.07) is -0.405. The molecule has 2 N–H and O–H groups in total. The Labute approximate surface area is 207 Å². The number of Topliss-reactive ketones (excluding diaryl/α,β-unsaturated/α-hetero) is 1. The van der Waals surface area contributed by atoms with Gasteiger partial charge in [-0.1, -0.05) is 40.5 Å². The molecular formula is C25H41N3O5S. The Morgan fingerprint density at radius 3 is 2.56 bits per heavy atom. The molecule has 0 unspecified atom stereocenters. The molecule has 0 radical (unpaired) electrons. The number of aliphatic hydroxyl groups excluding tert-OH is 1. The largest absolute Gasteiger partial charge is 0.464 e. The van der Waals surface area contributed by atoms with Crippen molar-refractivity contribution in [3.8, 4) is 0 Å². The molecule has 0 spiro atoms. The highest BCUT2D eigenvalue weighted by Crippen LogP contribution is 2.30. The number of thiazole rings is 1. The van der Waals surface area contributed by atoms with E-state index in [0.717, 1.165) is 32.2 Å². The minimum Gasteiger partial charge on any atom is -0.464 e. The average Bonchev–Trinajstić information content (AvgIpc) is 3.34. The van der Waals surface area contributed by atoms with Crippen molar-refractivity contribution in [1.82, 2.24) is 15.2 Å². The summed E-state index contributed by atoms with van der Waals surface area (Å²) in [7, 11) is 3.05. The number of nitrogens with one attached hydrogen (secondary N) is 1. The zero-order valence-corrected chi connectivity index (χ0v) is 22.2. The van der Waals surface area contributed by atoms with Crippen molar-refractivity contribution in [3.63, 3.8) is 0 Å². The van der Waals surface area contributed by atoms with Crippen LogP contribution in [0.5, 0.6) is 0 Å². The van der Waals surface area contributed by atoms with Crippen molar-refractivity contribution in [2.75, 3.05) is 20.7 Å². The summed E-state index contributed by atoms with van der Waals surface area (Å²) in [5.74, 6) is -0.727. The fourth-order valence-electron chi connectivity index (χ4n) is 4.57. The van der Waals surface area contributed by atoms with Gasteiger partial charge >= 0.3 is 5.97 Å². The number of hydrogen-bond acceptors (Lipinski definition) is 8. The third kappa shape index (κ3) is 7.33. The molecule has 2 rings (SSSR count). The number of nitrogens with zero attached hydrogens (tertiary/aromatic N) is 2. The molecule has 0 bridgehead atoms. The first kappa shape index (κ1) is 28.4. The third-order valence-electron chi connectivity index (χ3n) is 7.05. The van der Waals surface area contributed by atoms with E-state index < -0.39 is 18.0 Å². The molecule has 1 fully saturated rings. The molecule has 2 heterocycles. The summed E-state index contributed by atoms with van der Waals surface area (Å²) in [5.41, 5.74) is 0.166. The number of aliphatic hydroxyl groups is 1. The average molecular weight is 496 g/mol. The van der Waals surface area contributed by atoms with Crippen LogP contribution in [0.25, 0.3) is 0 Å². The Balaban J connectivity index is 2.14. The highest BCUT2D eigenvalue weighted by molar-refractivity contribution is 7.09. The van der Waals surface area contributed by atoms with E-state index >= 15 is 0 Å². The molecule has 192 valence electrons. The van der Waals surface area contributed by atoms with Crippen LogP contribution in [0.2, 0.25) is 0 Å². The Bertz CT molecular complexity index is 821. The number of aromatic nitrogens is 1. The van der Waals surface area contributed by atoms with E-state index in [1.165, 1.54) is 18.4 Å². The van der Waals surface area contributed by atoms with Gasteiger partial charge in [0, 0.05) is 37.2 Å². The lowest BCUT2D eigenvalue weighted by molar-refractivity contribution is -0.142. The smallest absolute Gasteiger partial charge is 0.357 e. The van der Waals surface area contributed by atoms with Gasteiger partial charge in [-0.25, -0.2) is 9.78 Å². The Morgan fingerprint density at radius 2 is 2.00 bits per heavy atom. The fraction of sp³-hybridized carbons (Fsp3) is 0.760. The Kier molecular flexibility index (Phi) is 11.1. The van der Waals surface area contributed by atoms with Crippen molar-refractivity contribution in [2.45, 2.75) is 84.4 Å². The predicted molar refractivity (Wildman–Crippen MR) is 133 cm³/mol. The standard InChI is InChI=1S/C25H41N3O5S/c1-7-16(4)17(12-21(29)18-10-8-9-11-26-18)24(31)28(5)20(15(2)3)13-22(30)23-27-19(14-34-23)25(32)33-6/h14-18,20,22,26,30H,7-13H2,1-6H3/t16-,17-,18+,20+,22+/m0/s1. The molecule has 0 aromatic carbocycles. The van der Waals surface area contributed by atoms with Crippen LogP contribution in [-0.2, 0) is 14.3 Å². The fourth-order valence-corrected chi connectivity index (χ4v) is 5.36. The van der Waals surface area contributed by atoms with Crippen LogP contribution < -0.4 is 5.32 Å². The summed E-state index contributed by atoms with van der Waals surface area (Å²) in [4.78, 5) is 44.3. The second-order valence-electron chi connectivity index (χ2n) is 9.74. The van der Waals surface area contributed by atoms with Gasteiger partial charge in [0.2, 0.25) is 5.91 Å². The van der Waals surface area contributed by atoms with Crippen LogP contribution in [0.3, 0.4) is 0 Å². The van der Waals surface area contributed by atoms with Crippen LogP contribution >= 0.6 is 11.3 Å². The Hall–Kier alpha value is -1.84. The molecule has 1 aliphatic heterocycles. The van der Waals surface area contributed by atoms with Crippen molar-refractivity contribution < 1.29 is 24.2 Å². The zero-order valence-electron chi connectivity index (χ0n) is 21.4. The first-order chi connectivity index (χ1) is 16.1. The number of carbonyl (C=O) groups is 3. The number of esters is 1. The van der Waals surface area contributed by atoms with E-state index in [2.05, 4.69) is 10.3 Å². The van der Waals surface area contributed by atoms with Gasteiger partial charge in [-0.15, -0.1) is 11.3 Å².